The number of nitrogens with two attached hydrogens (primary N) is 1. The molecule has 0 fully saturated rings. The number of hydrogen-bond acceptors (Lipinski definition) is 6. The van der Waals surface area contributed by atoms with Crippen LogP contribution in [0.1, 0.15) is 29.6 Å². The number of anilines is 2. The molecule has 0 aliphatic carbocycles. The maximum absolute atomic E-state index is 5.66. The van der Waals surface area contributed by atoms with Crippen molar-refractivity contribution >= 4 is 27.9 Å². The highest BCUT2D eigenvalue weighted by Gasteiger charge is 2.11. The average molecular weight is 316 g/mol. The Bertz CT molecular complexity index is 804. The zero-order chi connectivity index (χ0) is 15.7. The third-order valence-electron chi connectivity index (χ3n) is 3.73. The highest BCUT2D eigenvalue weighted by molar-refractivity contribution is 7.13. The fraction of sp³-hybridized carbons (Fsp3) is 0.400. The highest BCUT2D eigenvalue weighted by atomic mass is 32.1. The Hall–Kier alpha value is -2.15. The summed E-state index contributed by atoms with van der Waals surface area (Å²) in [7, 11) is 0. The van der Waals surface area contributed by atoms with E-state index in [4.69, 9.17) is 5.73 Å². The van der Waals surface area contributed by atoms with Crippen LogP contribution in [0.25, 0.3) is 5.65 Å². The zero-order valence-electron chi connectivity index (χ0n) is 13.1. The molecule has 3 heterocycles. The van der Waals surface area contributed by atoms with Crippen LogP contribution in [0.4, 0.5) is 10.9 Å². The SMILES string of the molecule is CCc1cc(NCCc2csc(N)n2)n2nc(C)c(C)c2n1. The molecule has 0 spiro atoms. The number of nitrogens with one attached hydrogen (secondary N) is 1. The number of aromatic nitrogens is 4. The van der Waals surface area contributed by atoms with Crippen molar-refractivity contribution in [3.8, 4) is 0 Å². The van der Waals surface area contributed by atoms with Gasteiger partial charge in [0.05, 0.1) is 11.4 Å². The Balaban J connectivity index is 1.84. The molecule has 0 bridgehead atoms. The van der Waals surface area contributed by atoms with Gasteiger partial charge in [-0.15, -0.1) is 11.3 Å². The van der Waals surface area contributed by atoms with Gasteiger partial charge in [-0.3, -0.25) is 0 Å². The molecule has 116 valence electrons. The Morgan fingerprint density at radius 3 is 2.77 bits per heavy atom. The van der Waals surface area contributed by atoms with E-state index < -0.39 is 0 Å². The molecule has 0 radical (unpaired) electrons. The van der Waals surface area contributed by atoms with Crippen LogP contribution in [0.3, 0.4) is 0 Å². The number of rotatable bonds is 5. The van der Waals surface area contributed by atoms with Crippen LogP contribution in [0.15, 0.2) is 11.4 Å². The summed E-state index contributed by atoms with van der Waals surface area (Å²) >= 11 is 1.48. The Labute approximate surface area is 133 Å². The van der Waals surface area contributed by atoms with E-state index in [9.17, 15) is 0 Å². The van der Waals surface area contributed by atoms with E-state index in [1.54, 1.807) is 0 Å². The number of fused-ring (bicyclic) bond motifs is 1. The molecule has 0 amide bonds. The minimum absolute atomic E-state index is 0.618. The first-order valence-electron chi connectivity index (χ1n) is 7.38. The Morgan fingerprint density at radius 2 is 2.09 bits per heavy atom. The van der Waals surface area contributed by atoms with Crippen LogP contribution < -0.4 is 11.1 Å². The number of hydrogen-bond donors (Lipinski definition) is 2. The molecule has 3 aromatic heterocycles. The molecule has 0 aromatic carbocycles. The smallest absolute Gasteiger partial charge is 0.180 e. The molecule has 0 atom stereocenters. The van der Waals surface area contributed by atoms with Gasteiger partial charge in [0.15, 0.2) is 10.8 Å². The topological polar surface area (TPSA) is 81.1 Å². The molecular weight excluding hydrogens is 296 g/mol. The molecular formula is C15H20N6S. The molecule has 3 rings (SSSR count). The van der Waals surface area contributed by atoms with Gasteiger partial charge in [-0.05, 0) is 20.3 Å². The predicted molar refractivity (Wildman–Crippen MR) is 90.6 cm³/mol. The number of nitrogens with zero attached hydrogens (tertiary/aromatic N) is 4. The van der Waals surface area contributed by atoms with Crippen molar-refractivity contribution in [2.75, 3.05) is 17.6 Å². The summed E-state index contributed by atoms with van der Waals surface area (Å²) in [4.78, 5) is 8.96. The summed E-state index contributed by atoms with van der Waals surface area (Å²) < 4.78 is 1.89. The molecule has 22 heavy (non-hydrogen) atoms. The first kappa shape index (κ1) is 14.8. The van der Waals surface area contributed by atoms with Crippen LogP contribution in [0, 0.1) is 13.8 Å². The fourth-order valence-electron chi connectivity index (χ4n) is 2.34. The molecule has 3 N–H and O–H groups in total. The highest BCUT2D eigenvalue weighted by Crippen LogP contribution is 2.19. The standard InChI is InChI=1S/C15H20N6S/c1-4-11-7-13(17-6-5-12-8-22-15(16)19-12)21-14(18-11)9(2)10(3)20-21/h7-8,17H,4-6H2,1-3H3,(H2,16,19). The molecule has 0 saturated carbocycles. The van der Waals surface area contributed by atoms with Crippen molar-refractivity contribution in [1.29, 1.82) is 0 Å². The van der Waals surface area contributed by atoms with E-state index in [1.807, 2.05) is 16.8 Å². The van der Waals surface area contributed by atoms with E-state index in [0.29, 0.717) is 5.13 Å². The lowest BCUT2D eigenvalue weighted by molar-refractivity contribution is 0.878. The third-order valence-corrected chi connectivity index (χ3v) is 4.45. The van der Waals surface area contributed by atoms with Crippen LogP contribution in [0.2, 0.25) is 0 Å². The molecule has 0 aliphatic heterocycles. The van der Waals surface area contributed by atoms with Crippen molar-refractivity contribution in [2.24, 2.45) is 0 Å². The quantitative estimate of drug-likeness (QED) is 0.756. The van der Waals surface area contributed by atoms with E-state index in [0.717, 1.165) is 53.5 Å². The van der Waals surface area contributed by atoms with Crippen molar-refractivity contribution in [3.05, 3.63) is 34.1 Å². The number of thiazole rings is 1. The first-order valence-corrected chi connectivity index (χ1v) is 8.26. The summed E-state index contributed by atoms with van der Waals surface area (Å²) in [6, 6.07) is 2.06. The lowest BCUT2D eigenvalue weighted by Gasteiger charge is -2.09. The van der Waals surface area contributed by atoms with Crippen molar-refractivity contribution in [2.45, 2.75) is 33.6 Å². The summed E-state index contributed by atoms with van der Waals surface area (Å²) in [5.41, 5.74) is 10.8. The van der Waals surface area contributed by atoms with Gasteiger partial charge < -0.3 is 11.1 Å². The van der Waals surface area contributed by atoms with Gasteiger partial charge in [0, 0.05) is 35.7 Å². The van der Waals surface area contributed by atoms with Crippen LogP contribution >= 0.6 is 11.3 Å². The van der Waals surface area contributed by atoms with E-state index in [2.05, 4.69) is 40.3 Å². The van der Waals surface area contributed by atoms with Crippen LogP contribution in [0.5, 0.6) is 0 Å². The van der Waals surface area contributed by atoms with Crippen molar-refractivity contribution < 1.29 is 0 Å². The minimum Gasteiger partial charge on any atom is -0.375 e. The van der Waals surface area contributed by atoms with E-state index in [1.165, 1.54) is 11.3 Å². The zero-order valence-corrected chi connectivity index (χ0v) is 13.9. The predicted octanol–water partition coefficient (Wildman–Crippen LogP) is 2.60. The summed E-state index contributed by atoms with van der Waals surface area (Å²) in [6.07, 6.45) is 1.73. The van der Waals surface area contributed by atoms with Gasteiger partial charge >= 0.3 is 0 Å². The van der Waals surface area contributed by atoms with Crippen molar-refractivity contribution in [1.82, 2.24) is 19.6 Å². The maximum Gasteiger partial charge on any atom is 0.180 e. The molecule has 6 nitrogen and oxygen atoms in total. The second kappa shape index (κ2) is 5.92. The largest absolute Gasteiger partial charge is 0.375 e. The van der Waals surface area contributed by atoms with Gasteiger partial charge in [-0.2, -0.15) is 9.61 Å². The normalized spacial score (nSPS) is 11.2. The molecule has 0 unspecified atom stereocenters. The number of nitrogen functional groups attached to an aromatic ring is 1. The summed E-state index contributed by atoms with van der Waals surface area (Å²) in [5, 5.41) is 10.6. The average Bonchev–Trinajstić information content (AvgIpc) is 3.04. The first-order chi connectivity index (χ1) is 10.6. The molecule has 0 aliphatic rings. The van der Waals surface area contributed by atoms with Crippen molar-refractivity contribution in [3.63, 3.8) is 0 Å². The van der Waals surface area contributed by atoms with Gasteiger partial charge in [0.2, 0.25) is 0 Å². The minimum atomic E-state index is 0.618. The second-order valence-electron chi connectivity index (χ2n) is 5.29. The summed E-state index contributed by atoms with van der Waals surface area (Å²) in [6.45, 7) is 6.96. The van der Waals surface area contributed by atoms with Gasteiger partial charge in [-0.25, -0.2) is 9.97 Å². The van der Waals surface area contributed by atoms with Gasteiger partial charge in [0.25, 0.3) is 0 Å². The Kier molecular flexibility index (Phi) is 3.98. The van der Waals surface area contributed by atoms with E-state index in [-0.39, 0.29) is 0 Å². The summed E-state index contributed by atoms with van der Waals surface area (Å²) in [5.74, 6) is 0.973. The molecule has 7 heteroatoms. The number of aryl methyl sites for hydroxylation is 3. The Morgan fingerprint density at radius 1 is 1.27 bits per heavy atom. The molecule has 3 aromatic rings. The van der Waals surface area contributed by atoms with Crippen LogP contribution in [-0.4, -0.2) is 26.1 Å². The maximum atomic E-state index is 5.66. The fourth-order valence-corrected chi connectivity index (χ4v) is 2.94. The van der Waals surface area contributed by atoms with E-state index >= 15 is 0 Å². The monoisotopic (exact) mass is 316 g/mol. The molecule has 0 saturated heterocycles. The lowest BCUT2D eigenvalue weighted by Crippen LogP contribution is -2.11. The van der Waals surface area contributed by atoms with Gasteiger partial charge in [0.1, 0.15) is 5.82 Å². The van der Waals surface area contributed by atoms with Crippen LogP contribution in [-0.2, 0) is 12.8 Å². The second-order valence-corrected chi connectivity index (χ2v) is 6.18. The third kappa shape index (κ3) is 2.76. The van der Waals surface area contributed by atoms with Gasteiger partial charge in [-0.1, -0.05) is 6.92 Å². The lowest BCUT2D eigenvalue weighted by atomic mass is 10.2.